The van der Waals surface area contributed by atoms with E-state index in [2.05, 4.69) is 38.4 Å². The van der Waals surface area contributed by atoms with E-state index in [4.69, 9.17) is 9.47 Å². The summed E-state index contributed by atoms with van der Waals surface area (Å²) in [5.74, 6) is 1.90. The number of hydrogen-bond acceptors (Lipinski definition) is 7. The van der Waals surface area contributed by atoms with Crippen molar-refractivity contribution in [1.82, 2.24) is 10.2 Å². The third-order valence-corrected chi connectivity index (χ3v) is 5.72. The summed E-state index contributed by atoms with van der Waals surface area (Å²) in [7, 11) is 3.13. The van der Waals surface area contributed by atoms with Gasteiger partial charge in [0, 0.05) is 11.8 Å². The van der Waals surface area contributed by atoms with Crippen molar-refractivity contribution < 1.29 is 14.3 Å². The molecule has 9 heteroatoms. The monoisotopic (exact) mass is 443 g/mol. The molecular formula is C16H18BrN3O3S2. The molecule has 6 nitrogen and oxygen atoms in total. The molecule has 0 fully saturated rings. The molecule has 1 amide bonds. The fraction of sp³-hybridized carbons (Fsp3) is 0.312. The van der Waals surface area contributed by atoms with Gasteiger partial charge in [-0.15, -0.1) is 10.2 Å². The molecule has 1 aromatic heterocycles. The second-order valence-corrected chi connectivity index (χ2v) is 7.96. The summed E-state index contributed by atoms with van der Waals surface area (Å²) in [5, 5.41) is 11.2. The number of thioether (sulfide) groups is 1. The lowest BCUT2D eigenvalue weighted by Gasteiger charge is -2.10. The van der Waals surface area contributed by atoms with Crippen molar-refractivity contribution in [2.75, 3.05) is 25.3 Å². The summed E-state index contributed by atoms with van der Waals surface area (Å²) in [6.07, 6.45) is 4.19. The van der Waals surface area contributed by atoms with Crippen LogP contribution < -0.4 is 14.8 Å². The Balaban J connectivity index is 2.02. The minimum Gasteiger partial charge on any atom is -0.493 e. The maximum absolute atomic E-state index is 12.0. The van der Waals surface area contributed by atoms with Crippen molar-refractivity contribution in [3.05, 3.63) is 28.2 Å². The van der Waals surface area contributed by atoms with Gasteiger partial charge in [-0.1, -0.05) is 30.0 Å². The number of methoxy groups -OCH3 is 2. The molecule has 25 heavy (non-hydrogen) atoms. The van der Waals surface area contributed by atoms with Crippen LogP contribution in [0.5, 0.6) is 11.5 Å². The van der Waals surface area contributed by atoms with E-state index in [1.54, 1.807) is 38.1 Å². The van der Waals surface area contributed by atoms with E-state index in [0.29, 0.717) is 16.6 Å². The Bertz CT molecular complexity index is 765. The van der Waals surface area contributed by atoms with Crippen molar-refractivity contribution in [3.63, 3.8) is 0 Å². The average Bonchev–Trinajstić information content (AvgIpc) is 3.04. The number of ether oxygens (including phenoxy) is 2. The van der Waals surface area contributed by atoms with Crippen LogP contribution in [0.25, 0.3) is 6.08 Å². The first-order valence-corrected chi connectivity index (χ1v) is 10.0. The number of halogens is 1. The molecule has 0 saturated heterocycles. The van der Waals surface area contributed by atoms with Gasteiger partial charge in [-0.3, -0.25) is 10.1 Å². The summed E-state index contributed by atoms with van der Waals surface area (Å²) >= 11 is 6.42. The first kappa shape index (κ1) is 19.7. The van der Waals surface area contributed by atoms with Gasteiger partial charge in [0.15, 0.2) is 15.8 Å². The van der Waals surface area contributed by atoms with E-state index in [9.17, 15) is 4.79 Å². The first-order valence-electron chi connectivity index (χ1n) is 7.44. The SMILES string of the molecule is CCCSc1nnc(NC(=O)/C=C/c2cc(Br)c(OC)c(OC)c2)s1. The van der Waals surface area contributed by atoms with Gasteiger partial charge in [-0.2, -0.15) is 0 Å². The fourth-order valence-corrected chi connectivity index (χ4v) is 4.16. The van der Waals surface area contributed by atoms with Crippen molar-refractivity contribution in [1.29, 1.82) is 0 Å². The van der Waals surface area contributed by atoms with Crippen LogP contribution in [0.2, 0.25) is 0 Å². The van der Waals surface area contributed by atoms with Crippen LogP contribution in [-0.4, -0.2) is 36.1 Å². The number of aromatic nitrogens is 2. The maximum atomic E-state index is 12.0. The summed E-state index contributed by atoms with van der Waals surface area (Å²) in [6.45, 7) is 2.11. The highest BCUT2D eigenvalue weighted by atomic mass is 79.9. The predicted molar refractivity (Wildman–Crippen MR) is 106 cm³/mol. The minimum atomic E-state index is -0.269. The Morgan fingerprint density at radius 1 is 1.36 bits per heavy atom. The molecule has 0 radical (unpaired) electrons. The molecule has 0 aliphatic heterocycles. The molecule has 0 unspecified atom stereocenters. The normalized spacial score (nSPS) is 10.9. The predicted octanol–water partition coefficient (Wildman–Crippen LogP) is 4.47. The van der Waals surface area contributed by atoms with Crippen LogP contribution in [0.15, 0.2) is 27.0 Å². The topological polar surface area (TPSA) is 73.3 Å². The minimum absolute atomic E-state index is 0.269. The van der Waals surface area contributed by atoms with E-state index in [-0.39, 0.29) is 5.91 Å². The Labute approximate surface area is 163 Å². The molecular weight excluding hydrogens is 426 g/mol. The van der Waals surface area contributed by atoms with E-state index >= 15 is 0 Å². The second-order valence-electron chi connectivity index (χ2n) is 4.78. The Kier molecular flexibility index (Phi) is 7.73. The van der Waals surface area contributed by atoms with Crippen molar-refractivity contribution in [3.8, 4) is 11.5 Å². The maximum Gasteiger partial charge on any atom is 0.250 e. The molecule has 1 aromatic carbocycles. The molecule has 0 atom stereocenters. The quantitative estimate of drug-likeness (QED) is 0.368. The van der Waals surface area contributed by atoms with E-state index in [0.717, 1.165) is 26.5 Å². The largest absolute Gasteiger partial charge is 0.493 e. The molecule has 0 saturated carbocycles. The highest BCUT2D eigenvalue weighted by molar-refractivity contribution is 9.10. The van der Waals surface area contributed by atoms with Gasteiger partial charge in [0.2, 0.25) is 11.0 Å². The number of carbonyl (C=O) groups is 1. The zero-order chi connectivity index (χ0) is 18.2. The zero-order valence-corrected chi connectivity index (χ0v) is 17.3. The second kappa shape index (κ2) is 9.79. The van der Waals surface area contributed by atoms with Gasteiger partial charge >= 0.3 is 0 Å². The number of benzene rings is 1. The first-order chi connectivity index (χ1) is 12.1. The molecule has 2 aromatic rings. The van der Waals surface area contributed by atoms with Crippen molar-refractivity contribution in [2.24, 2.45) is 0 Å². The summed E-state index contributed by atoms with van der Waals surface area (Å²) in [4.78, 5) is 12.0. The van der Waals surface area contributed by atoms with Crippen LogP contribution in [0.3, 0.4) is 0 Å². The van der Waals surface area contributed by atoms with Crippen LogP contribution in [0, 0.1) is 0 Å². The van der Waals surface area contributed by atoms with Gasteiger partial charge in [-0.05, 0) is 46.1 Å². The molecule has 0 bridgehead atoms. The lowest BCUT2D eigenvalue weighted by Crippen LogP contribution is -2.07. The average molecular weight is 444 g/mol. The number of anilines is 1. The fourth-order valence-electron chi connectivity index (χ4n) is 1.86. The number of nitrogens with one attached hydrogen (secondary N) is 1. The zero-order valence-electron chi connectivity index (χ0n) is 14.0. The van der Waals surface area contributed by atoms with Gasteiger partial charge in [0.1, 0.15) is 0 Å². The number of hydrogen-bond donors (Lipinski definition) is 1. The lowest BCUT2D eigenvalue weighted by molar-refractivity contribution is -0.111. The summed E-state index contributed by atoms with van der Waals surface area (Å²) < 4.78 is 12.2. The van der Waals surface area contributed by atoms with Crippen LogP contribution in [-0.2, 0) is 4.79 Å². The molecule has 1 N–H and O–H groups in total. The van der Waals surface area contributed by atoms with E-state index in [1.807, 2.05) is 6.07 Å². The van der Waals surface area contributed by atoms with Crippen molar-refractivity contribution in [2.45, 2.75) is 17.7 Å². The van der Waals surface area contributed by atoms with E-state index < -0.39 is 0 Å². The Hall–Kier alpha value is -1.58. The molecule has 0 spiro atoms. The summed E-state index contributed by atoms with van der Waals surface area (Å²) in [6, 6.07) is 3.63. The standard InChI is InChI=1S/C16H18BrN3O3S2/c1-4-7-24-16-20-19-15(25-16)18-13(21)6-5-10-8-11(17)14(23-3)12(9-10)22-2/h5-6,8-9H,4,7H2,1-3H3,(H,18,19,21)/b6-5+. The lowest BCUT2D eigenvalue weighted by atomic mass is 10.2. The van der Waals surface area contributed by atoms with Crippen LogP contribution in [0.4, 0.5) is 5.13 Å². The van der Waals surface area contributed by atoms with Crippen LogP contribution >= 0.6 is 39.0 Å². The van der Waals surface area contributed by atoms with E-state index in [1.165, 1.54) is 17.4 Å². The Morgan fingerprint density at radius 2 is 2.16 bits per heavy atom. The van der Waals surface area contributed by atoms with Gasteiger partial charge < -0.3 is 9.47 Å². The third kappa shape index (κ3) is 5.72. The number of rotatable bonds is 8. The van der Waals surface area contributed by atoms with Gasteiger partial charge in [-0.25, -0.2) is 0 Å². The highest BCUT2D eigenvalue weighted by Gasteiger charge is 2.10. The van der Waals surface area contributed by atoms with Gasteiger partial charge in [0.25, 0.3) is 0 Å². The number of carbonyl (C=O) groups excluding carboxylic acids is 1. The number of amides is 1. The molecule has 2 rings (SSSR count). The van der Waals surface area contributed by atoms with Gasteiger partial charge in [0.05, 0.1) is 18.7 Å². The summed E-state index contributed by atoms with van der Waals surface area (Å²) in [5.41, 5.74) is 0.802. The molecule has 134 valence electrons. The molecule has 0 aliphatic carbocycles. The highest BCUT2D eigenvalue weighted by Crippen LogP contribution is 2.36. The Morgan fingerprint density at radius 3 is 2.84 bits per heavy atom. The van der Waals surface area contributed by atoms with Crippen molar-refractivity contribution >= 4 is 56.1 Å². The third-order valence-electron chi connectivity index (χ3n) is 2.95. The molecule has 0 aliphatic rings. The molecule has 1 heterocycles. The number of nitrogens with zero attached hydrogens (tertiary/aromatic N) is 2. The smallest absolute Gasteiger partial charge is 0.250 e. The van der Waals surface area contributed by atoms with Crippen LogP contribution in [0.1, 0.15) is 18.9 Å².